The van der Waals surface area contributed by atoms with Crippen molar-refractivity contribution in [2.45, 2.75) is 6.92 Å². The zero-order valence-electron chi connectivity index (χ0n) is 10.9. The largest absolute Gasteiger partial charge is 0.491 e. The summed E-state index contributed by atoms with van der Waals surface area (Å²) in [5.41, 5.74) is 2.49. The van der Waals surface area contributed by atoms with Gasteiger partial charge in [0.05, 0.1) is 12.1 Å². The van der Waals surface area contributed by atoms with Gasteiger partial charge in [0.1, 0.15) is 12.5 Å². The first kappa shape index (κ1) is 12.5. The quantitative estimate of drug-likeness (QED) is 0.726. The third kappa shape index (κ3) is 2.32. The van der Waals surface area contributed by atoms with Gasteiger partial charge < -0.3 is 4.74 Å². The minimum Gasteiger partial charge on any atom is -0.491 e. The molecule has 1 radical (unpaired) electrons. The lowest BCUT2D eigenvalue weighted by molar-refractivity contribution is 0.321. The molecule has 20 heavy (non-hydrogen) atoms. The molecule has 0 fully saturated rings. The molecule has 0 bridgehead atoms. The van der Waals surface area contributed by atoms with Crippen molar-refractivity contribution in [3.8, 4) is 16.9 Å². The summed E-state index contributed by atoms with van der Waals surface area (Å²) in [7, 11) is 0. The van der Waals surface area contributed by atoms with Crippen molar-refractivity contribution in [3.63, 3.8) is 0 Å². The van der Waals surface area contributed by atoms with Gasteiger partial charge in [0, 0.05) is 5.39 Å². The van der Waals surface area contributed by atoms with Crippen LogP contribution in [-0.2, 0) is 0 Å². The Hall–Kier alpha value is -2.49. The Labute approximate surface area is 116 Å². The predicted octanol–water partition coefficient (Wildman–Crippen LogP) is 3.63. The SMILES string of the molecule is CCOc1ccc(-c2ccc3ncn[c]c3c2)cc1F. The van der Waals surface area contributed by atoms with Crippen LogP contribution in [0.15, 0.2) is 42.7 Å². The van der Waals surface area contributed by atoms with Crippen LogP contribution in [0, 0.1) is 12.0 Å². The Kier molecular flexibility index (Phi) is 3.29. The van der Waals surface area contributed by atoms with Crippen LogP contribution in [-0.4, -0.2) is 16.6 Å². The first-order valence-corrected chi connectivity index (χ1v) is 6.33. The molecule has 0 aliphatic heterocycles. The molecule has 0 N–H and O–H groups in total. The molecule has 4 heteroatoms. The van der Waals surface area contributed by atoms with Gasteiger partial charge in [-0.2, -0.15) is 0 Å². The molecule has 0 atom stereocenters. The molecular formula is C16H12FN2O. The lowest BCUT2D eigenvalue weighted by atomic mass is 10.0. The average molecular weight is 267 g/mol. The van der Waals surface area contributed by atoms with Gasteiger partial charge in [0.15, 0.2) is 11.6 Å². The Balaban J connectivity index is 2.04. The highest BCUT2D eigenvalue weighted by Crippen LogP contribution is 2.27. The normalized spacial score (nSPS) is 10.7. The standard InChI is InChI=1S/C16H12FN2O/c1-2-20-16-6-4-12(8-14(16)17)11-3-5-15-13(7-11)9-18-10-19-15/h3-8,10H,2H2,1H3. The minimum atomic E-state index is -0.363. The summed E-state index contributed by atoms with van der Waals surface area (Å²) in [5.74, 6) is -0.0929. The van der Waals surface area contributed by atoms with Crippen LogP contribution < -0.4 is 4.74 Å². The van der Waals surface area contributed by atoms with Gasteiger partial charge >= 0.3 is 0 Å². The van der Waals surface area contributed by atoms with Crippen LogP contribution >= 0.6 is 0 Å². The number of rotatable bonds is 3. The summed E-state index contributed by atoms with van der Waals surface area (Å²) in [6.07, 6.45) is 4.33. The van der Waals surface area contributed by atoms with E-state index in [2.05, 4.69) is 16.2 Å². The van der Waals surface area contributed by atoms with Crippen LogP contribution in [0.1, 0.15) is 6.92 Å². The van der Waals surface area contributed by atoms with E-state index in [1.807, 2.05) is 31.2 Å². The van der Waals surface area contributed by atoms with Crippen LogP contribution in [0.3, 0.4) is 0 Å². The van der Waals surface area contributed by atoms with Crippen LogP contribution in [0.4, 0.5) is 4.39 Å². The fourth-order valence-corrected chi connectivity index (χ4v) is 2.06. The van der Waals surface area contributed by atoms with Crippen molar-refractivity contribution >= 4 is 10.9 Å². The van der Waals surface area contributed by atoms with E-state index in [-0.39, 0.29) is 11.6 Å². The van der Waals surface area contributed by atoms with E-state index in [0.717, 1.165) is 22.0 Å². The van der Waals surface area contributed by atoms with Gasteiger partial charge in [-0.25, -0.2) is 14.4 Å². The molecule has 3 aromatic rings. The second kappa shape index (κ2) is 5.25. The van der Waals surface area contributed by atoms with Gasteiger partial charge in [-0.15, -0.1) is 0 Å². The van der Waals surface area contributed by atoms with Crippen LogP contribution in [0.25, 0.3) is 22.0 Å². The van der Waals surface area contributed by atoms with Crippen molar-refractivity contribution in [1.29, 1.82) is 0 Å². The van der Waals surface area contributed by atoms with Gasteiger partial charge in [0.2, 0.25) is 0 Å². The second-order valence-corrected chi connectivity index (χ2v) is 4.30. The molecular weight excluding hydrogens is 255 g/mol. The third-order valence-electron chi connectivity index (χ3n) is 3.00. The van der Waals surface area contributed by atoms with Crippen molar-refractivity contribution < 1.29 is 9.13 Å². The summed E-state index contributed by atoms with van der Waals surface area (Å²) in [6, 6.07) is 10.6. The molecule has 2 aromatic carbocycles. The summed E-state index contributed by atoms with van der Waals surface area (Å²) < 4.78 is 19.1. The minimum absolute atomic E-state index is 0.270. The molecule has 0 unspecified atom stereocenters. The molecule has 3 rings (SSSR count). The van der Waals surface area contributed by atoms with Crippen LogP contribution in [0.2, 0.25) is 0 Å². The summed E-state index contributed by atoms with van der Waals surface area (Å²) in [6.45, 7) is 2.27. The van der Waals surface area contributed by atoms with Gasteiger partial charge in [0.25, 0.3) is 0 Å². The number of hydrogen-bond acceptors (Lipinski definition) is 3. The summed E-state index contributed by atoms with van der Waals surface area (Å²) in [4.78, 5) is 8.01. The Morgan fingerprint density at radius 2 is 1.95 bits per heavy atom. The van der Waals surface area contributed by atoms with E-state index in [1.54, 1.807) is 6.07 Å². The van der Waals surface area contributed by atoms with E-state index in [4.69, 9.17) is 4.74 Å². The molecule has 0 saturated heterocycles. The van der Waals surface area contributed by atoms with Crippen LogP contribution in [0.5, 0.6) is 5.75 Å². The van der Waals surface area contributed by atoms with Crippen molar-refractivity contribution in [2.24, 2.45) is 0 Å². The van der Waals surface area contributed by atoms with Crippen molar-refractivity contribution in [1.82, 2.24) is 9.97 Å². The van der Waals surface area contributed by atoms with Crippen molar-refractivity contribution in [2.75, 3.05) is 6.61 Å². The zero-order chi connectivity index (χ0) is 13.9. The fourth-order valence-electron chi connectivity index (χ4n) is 2.06. The number of nitrogens with zero attached hydrogens (tertiary/aromatic N) is 2. The lowest BCUT2D eigenvalue weighted by Gasteiger charge is -2.07. The number of halogens is 1. The first-order valence-electron chi connectivity index (χ1n) is 6.33. The number of fused-ring (bicyclic) bond motifs is 1. The van der Waals surface area contributed by atoms with E-state index in [0.29, 0.717) is 6.61 Å². The number of benzene rings is 2. The Morgan fingerprint density at radius 1 is 1.15 bits per heavy atom. The number of ether oxygens (including phenoxy) is 1. The molecule has 1 heterocycles. The van der Waals surface area contributed by atoms with Gasteiger partial charge in [-0.1, -0.05) is 12.1 Å². The summed E-state index contributed by atoms with van der Waals surface area (Å²) >= 11 is 0. The zero-order valence-corrected chi connectivity index (χ0v) is 10.9. The van der Waals surface area contributed by atoms with Crippen molar-refractivity contribution in [3.05, 3.63) is 54.7 Å². The molecule has 0 saturated carbocycles. The summed E-state index contributed by atoms with van der Waals surface area (Å²) in [5, 5.41) is 0.805. The highest BCUT2D eigenvalue weighted by molar-refractivity contribution is 5.83. The Bertz CT molecular complexity index is 758. The maximum Gasteiger partial charge on any atom is 0.165 e. The molecule has 0 spiro atoms. The maximum atomic E-state index is 13.9. The van der Waals surface area contributed by atoms with E-state index in [9.17, 15) is 4.39 Å². The topological polar surface area (TPSA) is 35.0 Å². The highest BCUT2D eigenvalue weighted by atomic mass is 19.1. The van der Waals surface area contributed by atoms with E-state index < -0.39 is 0 Å². The second-order valence-electron chi connectivity index (χ2n) is 4.30. The van der Waals surface area contributed by atoms with E-state index >= 15 is 0 Å². The van der Waals surface area contributed by atoms with E-state index in [1.165, 1.54) is 12.4 Å². The van der Waals surface area contributed by atoms with Gasteiger partial charge in [-0.05, 0) is 42.3 Å². The molecule has 3 nitrogen and oxygen atoms in total. The lowest BCUT2D eigenvalue weighted by Crippen LogP contribution is -1.94. The molecule has 0 amide bonds. The first-order chi connectivity index (χ1) is 9.78. The average Bonchev–Trinajstić information content (AvgIpc) is 2.49. The fraction of sp³-hybridized carbons (Fsp3) is 0.125. The predicted molar refractivity (Wildman–Crippen MR) is 74.9 cm³/mol. The maximum absolute atomic E-state index is 13.9. The molecule has 0 aliphatic carbocycles. The highest BCUT2D eigenvalue weighted by Gasteiger charge is 2.06. The Morgan fingerprint density at radius 3 is 2.75 bits per heavy atom. The number of aromatic nitrogens is 2. The third-order valence-corrected chi connectivity index (χ3v) is 3.00. The molecule has 1 aromatic heterocycles. The van der Waals surface area contributed by atoms with Gasteiger partial charge in [-0.3, -0.25) is 0 Å². The smallest absolute Gasteiger partial charge is 0.165 e. The molecule has 0 aliphatic rings. The number of hydrogen-bond donors (Lipinski definition) is 0. The molecule has 99 valence electrons. The monoisotopic (exact) mass is 267 g/mol.